The third kappa shape index (κ3) is 4.12. The Bertz CT molecular complexity index is 621. The number of morpholine rings is 1. The van der Waals surface area contributed by atoms with E-state index in [4.69, 9.17) is 10.5 Å². The SMILES string of the molecule is CC1CN(C(=O)C(N)c2ccccc2)CC(c2ccsc2)O1.Cl. The maximum Gasteiger partial charge on any atom is 0.244 e. The number of carbonyl (C=O) groups is 1. The Morgan fingerprint density at radius 1 is 1.30 bits per heavy atom. The Hall–Kier alpha value is -1.40. The molecule has 124 valence electrons. The van der Waals surface area contributed by atoms with Gasteiger partial charge in [0.05, 0.1) is 12.6 Å². The topological polar surface area (TPSA) is 55.6 Å². The molecule has 0 aliphatic carbocycles. The van der Waals surface area contributed by atoms with Crippen LogP contribution < -0.4 is 5.73 Å². The summed E-state index contributed by atoms with van der Waals surface area (Å²) in [7, 11) is 0. The quantitative estimate of drug-likeness (QED) is 0.923. The molecule has 4 nitrogen and oxygen atoms in total. The van der Waals surface area contributed by atoms with Crippen LogP contribution in [0.15, 0.2) is 47.2 Å². The van der Waals surface area contributed by atoms with Crippen molar-refractivity contribution in [3.05, 3.63) is 58.3 Å². The van der Waals surface area contributed by atoms with Gasteiger partial charge in [-0.05, 0) is 34.9 Å². The molecule has 1 saturated heterocycles. The first kappa shape index (κ1) is 17.9. The molecule has 0 spiro atoms. The summed E-state index contributed by atoms with van der Waals surface area (Å²) in [6.45, 7) is 3.13. The van der Waals surface area contributed by atoms with Gasteiger partial charge in [0.15, 0.2) is 0 Å². The molecule has 1 aromatic heterocycles. The highest BCUT2D eigenvalue weighted by atomic mass is 35.5. The van der Waals surface area contributed by atoms with Crippen LogP contribution in [0.1, 0.15) is 30.2 Å². The Labute approximate surface area is 146 Å². The van der Waals surface area contributed by atoms with Gasteiger partial charge in [-0.1, -0.05) is 30.3 Å². The Kier molecular flexibility index (Phi) is 6.18. The number of ether oxygens (including phenoxy) is 1. The van der Waals surface area contributed by atoms with Crippen molar-refractivity contribution in [2.24, 2.45) is 5.73 Å². The number of halogens is 1. The van der Waals surface area contributed by atoms with E-state index >= 15 is 0 Å². The van der Waals surface area contributed by atoms with E-state index in [-0.39, 0.29) is 30.5 Å². The first-order valence-electron chi connectivity index (χ1n) is 7.42. The number of thiophene rings is 1. The van der Waals surface area contributed by atoms with Crippen molar-refractivity contribution in [3.8, 4) is 0 Å². The smallest absolute Gasteiger partial charge is 0.244 e. The van der Waals surface area contributed by atoms with Crippen molar-refractivity contribution in [2.45, 2.75) is 25.2 Å². The molecule has 0 saturated carbocycles. The molecule has 1 aliphatic heterocycles. The zero-order valence-electron chi connectivity index (χ0n) is 12.9. The number of amides is 1. The van der Waals surface area contributed by atoms with Gasteiger partial charge in [0.1, 0.15) is 12.1 Å². The van der Waals surface area contributed by atoms with Gasteiger partial charge >= 0.3 is 0 Å². The fraction of sp³-hybridized carbons (Fsp3) is 0.353. The fourth-order valence-corrected chi connectivity index (χ4v) is 3.48. The molecule has 2 aromatic rings. The molecule has 1 aromatic carbocycles. The fourth-order valence-electron chi connectivity index (χ4n) is 2.77. The third-order valence-corrected chi connectivity index (χ3v) is 4.61. The van der Waals surface area contributed by atoms with Crippen molar-refractivity contribution in [2.75, 3.05) is 13.1 Å². The molecule has 0 radical (unpaired) electrons. The number of hydrogen-bond donors (Lipinski definition) is 1. The van der Waals surface area contributed by atoms with Crippen LogP contribution in [-0.2, 0) is 9.53 Å². The molecular weight excluding hydrogens is 332 g/mol. The van der Waals surface area contributed by atoms with E-state index in [1.165, 1.54) is 0 Å². The van der Waals surface area contributed by atoms with Crippen LogP contribution in [0.25, 0.3) is 0 Å². The maximum atomic E-state index is 12.7. The number of hydrogen-bond acceptors (Lipinski definition) is 4. The van der Waals surface area contributed by atoms with Gasteiger partial charge in [0, 0.05) is 6.54 Å². The van der Waals surface area contributed by atoms with E-state index in [0.29, 0.717) is 13.1 Å². The summed E-state index contributed by atoms with van der Waals surface area (Å²) in [5.74, 6) is -0.0402. The van der Waals surface area contributed by atoms with E-state index in [1.54, 1.807) is 11.3 Å². The van der Waals surface area contributed by atoms with Crippen LogP contribution >= 0.6 is 23.7 Å². The summed E-state index contributed by atoms with van der Waals surface area (Å²) in [6.07, 6.45) is -0.0625. The predicted octanol–water partition coefficient (Wildman–Crippen LogP) is 3.16. The number of nitrogens with zero attached hydrogens (tertiary/aromatic N) is 1. The van der Waals surface area contributed by atoms with Gasteiger partial charge in [-0.25, -0.2) is 0 Å². The van der Waals surface area contributed by atoms with Crippen molar-refractivity contribution in [1.29, 1.82) is 0 Å². The minimum Gasteiger partial charge on any atom is -0.367 e. The van der Waals surface area contributed by atoms with Crippen LogP contribution in [0, 0.1) is 0 Å². The molecule has 3 unspecified atom stereocenters. The average Bonchev–Trinajstić information content (AvgIpc) is 3.08. The molecule has 2 N–H and O–H groups in total. The Morgan fingerprint density at radius 2 is 2.04 bits per heavy atom. The molecule has 23 heavy (non-hydrogen) atoms. The zero-order chi connectivity index (χ0) is 15.5. The van der Waals surface area contributed by atoms with Gasteiger partial charge in [0.25, 0.3) is 0 Å². The standard InChI is InChI=1S/C17H20N2O2S.ClH/c1-12-9-19(10-15(21-12)14-7-8-22-11-14)17(20)16(18)13-5-3-2-4-6-13;/h2-8,11-12,15-16H,9-10,18H2,1H3;1H. The monoisotopic (exact) mass is 352 g/mol. The lowest BCUT2D eigenvalue weighted by atomic mass is 10.0. The molecule has 6 heteroatoms. The first-order valence-corrected chi connectivity index (χ1v) is 8.36. The highest BCUT2D eigenvalue weighted by Gasteiger charge is 2.32. The van der Waals surface area contributed by atoms with Crippen molar-refractivity contribution in [3.63, 3.8) is 0 Å². The van der Waals surface area contributed by atoms with Crippen LogP contribution in [0.5, 0.6) is 0 Å². The first-order chi connectivity index (χ1) is 10.6. The van der Waals surface area contributed by atoms with Crippen LogP contribution in [0.3, 0.4) is 0 Å². The number of rotatable bonds is 3. The van der Waals surface area contributed by atoms with Gasteiger partial charge in [-0.2, -0.15) is 11.3 Å². The highest BCUT2D eigenvalue weighted by molar-refractivity contribution is 7.07. The molecule has 3 rings (SSSR count). The number of carbonyl (C=O) groups excluding carboxylic acids is 1. The normalized spacial score (nSPS) is 22.3. The summed E-state index contributed by atoms with van der Waals surface area (Å²) < 4.78 is 5.97. The van der Waals surface area contributed by atoms with Crippen molar-refractivity contribution in [1.82, 2.24) is 4.90 Å². The second-order valence-corrected chi connectivity index (χ2v) is 6.40. The highest BCUT2D eigenvalue weighted by Crippen LogP contribution is 2.28. The summed E-state index contributed by atoms with van der Waals surface area (Å²) in [6, 6.07) is 10.9. The molecular formula is C17H21ClN2O2S. The van der Waals surface area contributed by atoms with Crippen molar-refractivity contribution >= 4 is 29.7 Å². The zero-order valence-corrected chi connectivity index (χ0v) is 14.6. The van der Waals surface area contributed by atoms with E-state index in [0.717, 1.165) is 11.1 Å². The van der Waals surface area contributed by atoms with E-state index in [9.17, 15) is 4.79 Å². The largest absolute Gasteiger partial charge is 0.367 e. The van der Waals surface area contributed by atoms with Gasteiger partial charge in [-0.15, -0.1) is 12.4 Å². The summed E-state index contributed by atoms with van der Waals surface area (Å²) in [4.78, 5) is 14.5. The van der Waals surface area contributed by atoms with Crippen molar-refractivity contribution < 1.29 is 9.53 Å². The average molecular weight is 353 g/mol. The van der Waals surface area contributed by atoms with Gasteiger partial charge < -0.3 is 15.4 Å². The minimum atomic E-state index is -0.616. The van der Waals surface area contributed by atoms with Gasteiger partial charge in [0.2, 0.25) is 5.91 Å². The number of benzene rings is 1. The van der Waals surface area contributed by atoms with E-state index in [1.807, 2.05) is 53.6 Å². The Balaban J connectivity index is 0.00000192. The Morgan fingerprint density at radius 3 is 2.70 bits per heavy atom. The predicted molar refractivity (Wildman–Crippen MR) is 94.8 cm³/mol. The maximum absolute atomic E-state index is 12.7. The molecule has 1 fully saturated rings. The number of nitrogens with two attached hydrogens (primary N) is 1. The third-order valence-electron chi connectivity index (χ3n) is 3.91. The second kappa shape index (κ2) is 7.93. The molecule has 3 atom stereocenters. The molecule has 2 heterocycles. The van der Waals surface area contributed by atoms with Crippen LogP contribution in [-0.4, -0.2) is 30.0 Å². The lowest BCUT2D eigenvalue weighted by molar-refractivity contribution is -0.146. The summed E-state index contributed by atoms with van der Waals surface area (Å²) >= 11 is 1.64. The molecule has 1 aliphatic rings. The van der Waals surface area contributed by atoms with E-state index < -0.39 is 6.04 Å². The van der Waals surface area contributed by atoms with E-state index in [2.05, 4.69) is 5.38 Å². The lowest BCUT2D eigenvalue weighted by Gasteiger charge is -2.37. The summed E-state index contributed by atoms with van der Waals surface area (Å²) in [5.41, 5.74) is 8.12. The summed E-state index contributed by atoms with van der Waals surface area (Å²) in [5, 5.41) is 4.10. The van der Waals surface area contributed by atoms with Crippen LogP contribution in [0.4, 0.5) is 0 Å². The molecule has 0 bridgehead atoms. The molecule has 1 amide bonds. The lowest BCUT2D eigenvalue weighted by Crippen LogP contribution is -2.48. The second-order valence-electron chi connectivity index (χ2n) is 5.62. The minimum absolute atomic E-state index is 0. The van der Waals surface area contributed by atoms with Gasteiger partial charge in [-0.3, -0.25) is 4.79 Å². The van der Waals surface area contributed by atoms with Crippen LogP contribution in [0.2, 0.25) is 0 Å².